The number of benzene rings is 1. The lowest BCUT2D eigenvalue weighted by molar-refractivity contribution is -0.135. The van der Waals surface area contributed by atoms with Crippen LogP contribution in [0.3, 0.4) is 0 Å². The number of nitrogens with zero attached hydrogens (tertiary/aromatic N) is 1. The van der Waals surface area contributed by atoms with E-state index in [1.807, 2.05) is 0 Å². The molecule has 0 aromatic heterocycles. The minimum atomic E-state index is -3.26. The van der Waals surface area contributed by atoms with Gasteiger partial charge in [-0.2, -0.15) is 8.78 Å². The third-order valence-electron chi connectivity index (χ3n) is 3.13. The van der Waals surface area contributed by atoms with E-state index in [4.69, 9.17) is 4.74 Å². The molecule has 6 heteroatoms. The van der Waals surface area contributed by atoms with Crippen LogP contribution in [0.5, 0.6) is 0 Å². The summed E-state index contributed by atoms with van der Waals surface area (Å²) in [5, 5.41) is 0. The van der Waals surface area contributed by atoms with Gasteiger partial charge in [0.2, 0.25) is 0 Å². The van der Waals surface area contributed by atoms with Crippen molar-refractivity contribution >= 4 is 22.6 Å². The molecule has 1 heterocycles. The van der Waals surface area contributed by atoms with Crippen molar-refractivity contribution in [1.82, 2.24) is 4.90 Å². The molecule has 1 aliphatic heterocycles. The Morgan fingerprint density at radius 1 is 1.44 bits per heavy atom. The van der Waals surface area contributed by atoms with Crippen LogP contribution < -0.4 is 0 Å². The molecule has 100 valence electrons. The minimum Gasteiger partial charge on any atom is -0.378 e. The second-order valence-electron chi connectivity index (χ2n) is 4.30. The van der Waals surface area contributed by atoms with E-state index >= 15 is 0 Å². The first-order valence-electron chi connectivity index (χ1n) is 5.55. The van der Waals surface area contributed by atoms with Gasteiger partial charge in [0.05, 0.1) is 18.8 Å². The Bertz CT molecular complexity index is 441. The van der Waals surface area contributed by atoms with Gasteiger partial charge in [-0.3, -0.25) is 4.90 Å². The van der Waals surface area contributed by atoms with Crippen molar-refractivity contribution in [3.8, 4) is 0 Å². The molecule has 0 bridgehead atoms. The van der Waals surface area contributed by atoms with Gasteiger partial charge in [0.25, 0.3) is 5.92 Å². The largest absolute Gasteiger partial charge is 0.378 e. The van der Waals surface area contributed by atoms with Crippen LogP contribution in [-0.4, -0.2) is 37.7 Å². The van der Waals surface area contributed by atoms with Crippen LogP contribution in [0, 0.1) is 9.39 Å². The number of hydrogen-bond acceptors (Lipinski definition) is 2. The standard InChI is InChI=1S/C12H13F3INO/c1-17-5-6-18-7-10(17)12(14,15)8-3-2-4-9(16)11(8)13/h2-4,10H,5-7H2,1H3. The average Bonchev–Trinajstić information content (AvgIpc) is 2.32. The molecule has 1 aliphatic rings. The predicted octanol–water partition coefficient (Wildman–Crippen LogP) is 2.85. The molecule has 1 unspecified atom stereocenters. The molecule has 1 saturated heterocycles. The highest BCUT2D eigenvalue weighted by molar-refractivity contribution is 14.1. The number of alkyl halides is 2. The van der Waals surface area contributed by atoms with Crippen LogP contribution in [-0.2, 0) is 10.7 Å². The van der Waals surface area contributed by atoms with Gasteiger partial charge >= 0.3 is 0 Å². The highest BCUT2D eigenvalue weighted by Crippen LogP contribution is 2.37. The molecule has 0 spiro atoms. The third-order valence-corrected chi connectivity index (χ3v) is 3.96. The van der Waals surface area contributed by atoms with Gasteiger partial charge in [-0.05, 0) is 41.8 Å². The zero-order valence-corrected chi connectivity index (χ0v) is 12.0. The van der Waals surface area contributed by atoms with E-state index in [0.717, 1.165) is 6.07 Å². The van der Waals surface area contributed by atoms with Crippen molar-refractivity contribution in [3.63, 3.8) is 0 Å². The van der Waals surface area contributed by atoms with E-state index in [9.17, 15) is 13.2 Å². The Labute approximate surface area is 117 Å². The lowest BCUT2D eigenvalue weighted by Gasteiger charge is -2.37. The van der Waals surface area contributed by atoms with E-state index < -0.39 is 23.3 Å². The van der Waals surface area contributed by atoms with Crippen LogP contribution in [0.15, 0.2) is 18.2 Å². The maximum absolute atomic E-state index is 14.4. The molecule has 1 aromatic rings. The van der Waals surface area contributed by atoms with Crippen LogP contribution >= 0.6 is 22.6 Å². The summed E-state index contributed by atoms with van der Waals surface area (Å²) in [6.45, 7) is 0.762. The molecule has 0 aliphatic carbocycles. The fraction of sp³-hybridized carbons (Fsp3) is 0.500. The summed E-state index contributed by atoms with van der Waals surface area (Å²) in [7, 11) is 1.60. The zero-order valence-electron chi connectivity index (χ0n) is 9.80. The molecule has 1 fully saturated rings. The molecular weight excluding hydrogens is 358 g/mol. The first-order chi connectivity index (χ1) is 8.44. The van der Waals surface area contributed by atoms with Crippen molar-refractivity contribution in [2.24, 2.45) is 0 Å². The van der Waals surface area contributed by atoms with Crippen molar-refractivity contribution in [2.45, 2.75) is 12.0 Å². The van der Waals surface area contributed by atoms with Crippen molar-refractivity contribution in [2.75, 3.05) is 26.8 Å². The van der Waals surface area contributed by atoms with E-state index in [0.29, 0.717) is 13.2 Å². The molecule has 2 nitrogen and oxygen atoms in total. The number of ether oxygens (including phenoxy) is 1. The summed E-state index contributed by atoms with van der Waals surface area (Å²) >= 11 is 1.71. The molecule has 0 N–H and O–H groups in total. The van der Waals surface area contributed by atoms with Crippen LogP contribution in [0.25, 0.3) is 0 Å². The Hall–Kier alpha value is -0.340. The van der Waals surface area contributed by atoms with Crippen molar-refractivity contribution < 1.29 is 17.9 Å². The van der Waals surface area contributed by atoms with Gasteiger partial charge in [0, 0.05) is 10.1 Å². The van der Waals surface area contributed by atoms with Gasteiger partial charge < -0.3 is 4.74 Å². The number of morpholine rings is 1. The van der Waals surface area contributed by atoms with E-state index in [2.05, 4.69) is 0 Å². The van der Waals surface area contributed by atoms with E-state index in [1.165, 1.54) is 17.0 Å². The third kappa shape index (κ3) is 2.50. The van der Waals surface area contributed by atoms with Gasteiger partial charge in [-0.15, -0.1) is 0 Å². The first kappa shape index (κ1) is 14.1. The van der Waals surface area contributed by atoms with Gasteiger partial charge in [0.1, 0.15) is 11.9 Å². The topological polar surface area (TPSA) is 12.5 Å². The maximum atomic E-state index is 14.4. The summed E-state index contributed by atoms with van der Waals surface area (Å²) in [5.41, 5.74) is -0.559. The molecule has 1 aromatic carbocycles. The highest BCUT2D eigenvalue weighted by Gasteiger charge is 2.46. The molecule has 0 amide bonds. The monoisotopic (exact) mass is 371 g/mol. The minimum absolute atomic E-state index is 0.0889. The van der Waals surface area contributed by atoms with Crippen molar-refractivity contribution in [3.05, 3.63) is 33.1 Å². The summed E-state index contributed by atoms with van der Waals surface area (Å²) in [6.07, 6.45) is 0. The van der Waals surface area contributed by atoms with Gasteiger partial charge in [-0.1, -0.05) is 6.07 Å². The number of rotatable bonds is 2. The first-order valence-corrected chi connectivity index (χ1v) is 6.62. The molecular formula is C12H13F3INO. The van der Waals surface area contributed by atoms with Crippen LogP contribution in [0.2, 0.25) is 0 Å². The Kier molecular flexibility index (Phi) is 4.18. The normalized spacial score (nSPS) is 22.2. The Morgan fingerprint density at radius 2 is 2.17 bits per heavy atom. The molecule has 18 heavy (non-hydrogen) atoms. The smallest absolute Gasteiger partial charge is 0.293 e. The molecule has 2 rings (SSSR count). The molecule has 1 atom stereocenters. The Balaban J connectivity index is 2.37. The quantitative estimate of drug-likeness (QED) is 0.742. The number of likely N-dealkylation sites (N-methyl/N-ethyl adjacent to an activating group) is 1. The van der Waals surface area contributed by atoms with Gasteiger partial charge in [0.15, 0.2) is 0 Å². The fourth-order valence-corrected chi connectivity index (χ4v) is 2.51. The number of halogens is 4. The van der Waals surface area contributed by atoms with Crippen LogP contribution in [0.1, 0.15) is 5.56 Å². The zero-order chi connectivity index (χ0) is 13.3. The van der Waals surface area contributed by atoms with E-state index in [-0.39, 0.29) is 10.2 Å². The van der Waals surface area contributed by atoms with E-state index in [1.54, 1.807) is 29.6 Å². The highest BCUT2D eigenvalue weighted by atomic mass is 127. The van der Waals surface area contributed by atoms with Crippen molar-refractivity contribution in [1.29, 1.82) is 0 Å². The lowest BCUT2D eigenvalue weighted by Crippen LogP contribution is -2.52. The fourth-order valence-electron chi connectivity index (χ4n) is 2.01. The number of hydrogen-bond donors (Lipinski definition) is 0. The maximum Gasteiger partial charge on any atom is 0.293 e. The summed E-state index contributed by atoms with van der Waals surface area (Å²) in [5.74, 6) is -4.11. The predicted molar refractivity (Wildman–Crippen MR) is 70.2 cm³/mol. The second-order valence-corrected chi connectivity index (χ2v) is 5.46. The molecule has 0 radical (unpaired) electrons. The lowest BCUT2D eigenvalue weighted by atomic mass is 9.99. The van der Waals surface area contributed by atoms with Crippen LogP contribution in [0.4, 0.5) is 13.2 Å². The summed E-state index contributed by atoms with van der Waals surface area (Å²) in [6, 6.07) is 2.92. The average molecular weight is 371 g/mol. The summed E-state index contributed by atoms with van der Waals surface area (Å²) in [4.78, 5) is 1.52. The van der Waals surface area contributed by atoms with Gasteiger partial charge in [-0.25, -0.2) is 4.39 Å². The second kappa shape index (κ2) is 5.34. The SMILES string of the molecule is CN1CCOCC1C(F)(F)c1cccc(I)c1F. The summed E-state index contributed by atoms with van der Waals surface area (Å²) < 4.78 is 47.9. The molecule has 0 saturated carbocycles. The Morgan fingerprint density at radius 3 is 2.83 bits per heavy atom.